The Bertz CT molecular complexity index is 586. The van der Waals surface area contributed by atoms with Crippen molar-refractivity contribution < 1.29 is 4.79 Å². The summed E-state index contributed by atoms with van der Waals surface area (Å²) < 4.78 is 0. The van der Waals surface area contributed by atoms with E-state index in [4.69, 9.17) is 0 Å². The second-order valence-electron chi connectivity index (χ2n) is 7.33. The summed E-state index contributed by atoms with van der Waals surface area (Å²) in [5, 5.41) is 9.67. The molecule has 6 nitrogen and oxygen atoms in total. The lowest BCUT2D eigenvalue weighted by molar-refractivity contribution is -0.119. The van der Waals surface area contributed by atoms with Crippen LogP contribution in [0.3, 0.4) is 0 Å². The van der Waals surface area contributed by atoms with Crippen molar-refractivity contribution in [3.05, 3.63) is 35.9 Å². The molecule has 1 amide bonds. The first-order valence-electron chi connectivity index (χ1n) is 10.2. The summed E-state index contributed by atoms with van der Waals surface area (Å²) in [4.78, 5) is 19.0. The van der Waals surface area contributed by atoms with E-state index in [0.29, 0.717) is 18.6 Å². The van der Waals surface area contributed by atoms with E-state index in [1.165, 1.54) is 5.56 Å². The van der Waals surface area contributed by atoms with E-state index in [-0.39, 0.29) is 36.4 Å². The zero-order chi connectivity index (χ0) is 19.5. The van der Waals surface area contributed by atoms with E-state index in [0.717, 1.165) is 44.9 Å². The average molecular weight is 501 g/mol. The highest BCUT2D eigenvalue weighted by Gasteiger charge is 2.21. The van der Waals surface area contributed by atoms with Gasteiger partial charge in [-0.1, -0.05) is 30.3 Å². The third-order valence-corrected chi connectivity index (χ3v) is 4.90. The van der Waals surface area contributed by atoms with Gasteiger partial charge in [-0.3, -0.25) is 4.79 Å². The van der Waals surface area contributed by atoms with Gasteiger partial charge in [0.1, 0.15) is 6.54 Å². The Hall–Kier alpha value is -1.35. The number of rotatable bonds is 8. The lowest BCUT2D eigenvalue weighted by Gasteiger charge is -2.35. The van der Waals surface area contributed by atoms with Gasteiger partial charge in [-0.15, -0.1) is 24.0 Å². The van der Waals surface area contributed by atoms with Crippen LogP contribution in [0.15, 0.2) is 35.3 Å². The molecule has 0 unspecified atom stereocenters. The number of guanidine groups is 1. The van der Waals surface area contributed by atoms with Gasteiger partial charge in [0.25, 0.3) is 0 Å². The minimum Gasteiger partial charge on any atom is -0.357 e. The van der Waals surface area contributed by atoms with Crippen LogP contribution in [0.4, 0.5) is 0 Å². The molecule has 0 spiro atoms. The molecule has 7 heteroatoms. The van der Waals surface area contributed by atoms with Crippen LogP contribution in [-0.2, 0) is 11.2 Å². The van der Waals surface area contributed by atoms with Crippen LogP contribution in [0.25, 0.3) is 0 Å². The second-order valence-corrected chi connectivity index (χ2v) is 7.33. The molecule has 0 saturated carbocycles. The summed E-state index contributed by atoms with van der Waals surface area (Å²) in [5.41, 5.74) is 1.23. The van der Waals surface area contributed by atoms with Gasteiger partial charge in [-0.25, -0.2) is 4.99 Å². The summed E-state index contributed by atoms with van der Waals surface area (Å²) in [6.45, 7) is 10.3. The van der Waals surface area contributed by atoms with Gasteiger partial charge in [-0.05, 0) is 45.6 Å². The number of nitrogens with zero attached hydrogens (tertiary/aromatic N) is 2. The van der Waals surface area contributed by atoms with Gasteiger partial charge in [0.05, 0.1) is 0 Å². The molecule has 28 heavy (non-hydrogen) atoms. The number of carbonyl (C=O) groups excluding carboxylic acids is 1. The van der Waals surface area contributed by atoms with Gasteiger partial charge in [-0.2, -0.15) is 0 Å². The molecule has 1 aliphatic heterocycles. The highest BCUT2D eigenvalue weighted by Crippen LogP contribution is 2.12. The number of hydrogen-bond acceptors (Lipinski definition) is 3. The summed E-state index contributed by atoms with van der Waals surface area (Å²) in [7, 11) is 0. The van der Waals surface area contributed by atoms with E-state index >= 15 is 0 Å². The Kier molecular flexibility index (Phi) is 12.1. The van der Waals surface area contributed by atoms with Crippen LogP contribution >= 0.6 is 24.0 Å². The fraction of sp³-hybridized carbons (Fsp3) is 0.619. The van der Waals surface area contributed by atoms with Crippen molar-refractivity contribution in [1.29, 1.82) is 0 Å². The molecule has 0 aliphatic carbocycles. The van der Waals surface area contributed by atoms with Gasteiger partial charge in [0, 0.05) is 38.3 Å². The fourth-order valence-corrected chi connectivity index (χ4v) is 3.27. The maximum Gasteiger partial charge on any atom is 0.241 e. The Morgan fingerprint density at radius 2 is 1.86 bits per heavy atom. The van der Waals surface area contributed by atoms with E-state index < -0.39 is 0 Å². The highest BCUT2D eigenvalue weighted by atomic mass is 127. The van der Waals surface area contributed by atoms with E-state index in [9.17, 15) is 4.79 Å². The lowest BCUT2D eigenvalue weighted by atomic mass is 10.0. The summed E-state index contributed by atoms with van der Waals surface area (Å²) in [5.74, 6) is 0.691. The molecule has 0 aromatic heterocycles. The monoisotopic (exact) mass is 501 g/mol. The quantitative estimate of drug-likeness (QED) is 0.291. The maximum absolute atomic E-state index is 12.1. The van der Waals surface area contributed by atoms with Crippen molar-refractivity contribution in [3.8, 4) is 0 Å². The molecule has 1 heterocycles. The number of piperidine rings is 1. The van der Waals surface area contributed by atoms with Crippen LogP contribution < -0.4 is 16.0 Å². The van der Waals surface area contributed by atoms with Crippen molar-refractivity contribution in [3.63, 3.8) is 0 Å². The Morgan fingerprint density at radius 1 is 1.18 bits per heavy atom. The standard InChI is InChI=1S/C21H35N5O.HI/c1-4-22-21(25-19-11-14-26(15-12-19)17(2)3)24-16-20(27)23-13-10-18-8-6-5-7-9-18;/h5-9,17,19H,4,10-16H2,1-3H3,(H,23,27)(H2,22,24,25);1H. The largest absolute Gasteiger partial charge is 0.357 e. The Balaban J connectivity index is 0.00000392. The lowest BCUT2D eigenvalue weighted by Crippen LogP contribution is -2.50. The zero-order valence-electron chi connectivity index (χ0n) is 17.4. The molecular weight excluding hydrogens is 465 g/mol. The number of halogens is 1. The van der Waals surface area contributed by atoms with Gasteiger partial charge < -0.3 is 20.9 Å². The minimum absolute atomic E-state index is 0. The number of carbonyl (C=O) groups is 1. The van der Waals surface area contributed by atoms with E-state index in [1.807, 2.05) is 25.1 Å². The summed E-state index contributed by atoms with van der Waals surface area (Å²) >= 11 is 0. The van der Waals surface area contributed by atoms with Gasteiger partial charge in [0.2, 0.25) is 5.91 Å². The molecule has 1 aliphatic rings. The van der Waals surface area contributed by atoms with Crippen LogP contribution in [0, 0.1) is 0 Å². The normalized spacial score (nSPS) is 15.8. The first-order valence-corrected chi connectivity index (χ1v) is 10.2. The third-order valence-electron chi connectivity index (χ3n) is 4.90. The number of benzene rings is 1. The Labute approximate surface area is 187 Å². The van der Waals surface area contributed by atoms with Gasteiger partial charge >= 0.3 is 0 Å². The predicted molar refractivity (Wildman–Crippen MR) is 127 cm³/mol. The molecule has 0 atom stereocenters. The molecule has 158 valence electrons. The van der Waals surface area contributed by atoms with Crippen LogP contribution in [0.5, 0.6) is 0 Å². The molecule has 3 N–H and O–H groups in total. The smallest absolute Gasteiger partial charge is 0.241 e. The number of aliphatic imine (C=N–C) groups is 1. The highest BCUT2D eigenvalue weighted by molar-refractivity contribution is 14.0. The molecule has 2 rings (SSSR count). The molecule has 1 aromatic carbocycles. The Morgan fingerprint density at radius 3 is 2.46 bits per heavy atom. The second kappa shape index (κ2) is 13.8. The van der Waals surface area contributed by atoms with Crippen molar-refractivity contribution in [2.75, 3.05) is 32.7 Å². The molecular formula is C21H36IN5O. The van der Waals surface area contributed by atoms with Crippen molar-refractivity contribution >= 4 is 35.8 Å². The van der Waals surface area contributed by atoms with Gasteiger partial charge in [0.15, 0.2) is 5.96 Å². The predicted octanol–water partition coefficient (Wildman–Crippen LogP) is 2.39. The van der Waals surface area contributed by atoms with Crippen molar-refractivity contribution in [1.82, 2.24) is 20.9 Å². The van der Waals surface area contributed by atoms with Crippen LogP contribution in [0.2, 0.25) is 0 Å². The average Bonchev–Trinajstić information content (AvgIpc) is 2.67. The molecule has 0 radical (unpaired) electrons. The summed E-state index contributed by atoms with van der Waals surface area (Å²) in [6.07, 6.45) is 3.04. The van der Waals surface area contributed by atoms with Crippen molar-refractivity contribution in [2.45, 2.75) is 52.1 Å². The van der Waals surface area contributed by atoms with Crippen molar-refractivity contribution in [2.24, 2.45) is 4.99 Å². The third kappa shape index (κ3) is 9.23. The maximum atomic E-state index is 12.1. The fourth-order valence-electron chi connectivity index (χ4n) is 3.27. The summed E-state index contributed by atoms with van der Waals surface area (Å²) in [6, 6.07) is 11.2. The first kappa shape index (κ1) is 24.7. The first-order chi connectivity index (χ1) is 13.1. The number of likely N-dealkylation sites (tertiary alicyclic amines) is 1. The zero-order valence-corrected chi connectivity index (χ0v) is 19.7. The molecule has 1 aromatic rings. The van der Waals surface area contributed by atoms with E-state index in [1.54, 1.807) is 0 Å². The number of amides is 1. The number of hydrogen-bond donors (Lipinski definition) is 3. The molecule has 0 bridgehead atoms. The minimum atomic E-state index is -0.0437. The number of nitrogens with one attached hydrogen (secondary N) is 3. The molecule has 1 fully saturated rings. The van der Waals surface area contributed by atoms with Crippen LogP contribution in [0.1, 0.15) is 39.2 Å². The molecule has 1 saturated heterocycles. The van der Waals surface area contributed by atoms with E-state index in [2.05, 4.69) is 51.8 Å². The SMILES string of the molecule is CCNC(=NCC(=O)NCCc1ccccc1)NC1CCN(C(C)C)CC1.I. The van der Waals surface area contributed by atoms with Crippen LogP contribution in [-0.4, -0.2) is 61.6 Å². The topological polar surface area (TPSA) is 68.8 Å².